The van der Waals surface area contributed by atoms with Gasteiger partial charge in [0.05, 0.1) is 25.2 Å². The van der Waals surface area contributed by atoms with E-state index in [-0.39, 0.29) is 24.1 Å². The molecule has 0 radical (unpaired) electrons. The molecular formula is C28H38Br2N2O7. The van der Waals surface area contributed by atoms with Gasteiger partial charge in [0.1, 0.15) is 12.0 Å². The molecule has 2 fully saturated rings. The van der Waals surface area contributed by atoms with Gasteiger partial charge < -0.3 is 24.3 Å². The minimum atomic E-state index is -0.532. The Morgan fingerprint density at radius 2 is 1.49 bits per heavy atom. The molecule has 2 aromatic rings. The largest absolute Gasteiger partial charge is 0.476 e. The second-order valence-electron chi connectivity index (χ2n) is 9.76. The highest BCUT2D eigenvalue weighted by Crippen LogP contribution is 2.43. The Morgan fingerprint density at radius 3 is 1.90 bits per heavy atom. The zero-order chi connectivity index (χ0) is 29.1. The van der Waals surface area contributed by atoms with Crippen LogP contribution in [0.3, 0.4) is 0 Å². The van der Waals surface area contributed by atoms with Gasteiger partial charge in [0.25, 0.3) is 0 Å². The molecule has 9 nitrogen and oxygen atoms in total. The van der Waals surface area contributed by atoms with E-state index in [1.54, 1.807) is 25.4 Å². The highest BCUT2D eigenvalue weighted by Gasteiger charge is 2.46. The Bertz CT molecular complexity index is 1160. The summed E-state index contributed by atoms with van der Waals surface area (Å²) < 4.78 is 17.5. The normalized spacial score (nSPS) is 16.1. The van der Waals surface area contributed by atoms with E-state index in [0.717, 1.165) is 58.6 Å². The molecule has 11 heteroatoms. The van der Waals surface area contributed by atoms with Crippen LogP contribution in [0.5, 0.6) is 5.88 Å². The summed E-state index contributed by atoms with van der Waals surface area (Å²) in [4.78, 5) is 40.4. The zero-order valence-corrected chi connectivity index (χ0v) is 26.2. The van der Waals surface area contributed by atoms with E-state index in [4.69, 9.17) is 19.3 Å². The molecule has 4 rings (SSSR count). The molecular weight excluding hydrogens is 636 g/mol. The Kier molecular flexibility index (Phi) is 13.1. The first-order valence-electron chi connectivity index (χ1n) is 13.1. The third kappa shape index (κ3) is 9.14. The van der Waals surface area contributed by atoms with Crippen molar-refractivity contribution in [1.29, 1.82) is 0 Å². The lowest BCUT2D eigenvalue weighted by Crippen LogP contribution is -2.44. The van der Waals surface area contributed by atoms with E-state index in [0.29, 0.717) is 25.7 Å². The van der Waals surface area contributed by atoms with Crippen molar-refractivity contribution >= 4 is 43.8 Å². The van der Waals surface area contributed by atoms with Crippen LogP contribution in [-0.2, 0) is 19.1 Å². The molecule has 2 heterocycles. The van der Waals surface area contributed by atoms with Crippen LogP contribution in [0.4, 0.5) is 0 Å². The lowest BCUT2D eigenvalue weighted by atomic mass is 9.69. The van der Waals surface area contributed by atoms with Crippen molar-refractivity contribution in [2.24, 2.45) is 10.8 Å². The summed E-state index contributed by atoms with van der Waals surface area (Å²) in [5.41, 5.74) is 0.965. The molecule has 39 heavy (non-hydrogen) atoms. The van der Waals surface area contributed by atoms with Crippen molar-refractivity contribution in [2.45, 2.75) is 66.2 Å². The van der Waals surface area contributed by atoms with Crippen LogP contribution in [0.25, 0.3) is 0 Å². The van der Waals surface area contributed by atoms with Gasteiger partial charge in [-0.1, -0.05) is 12.8 Å². The molecule has 0 aliphatic heterocycles. The number of esters is 2. The number of H-pyrrole nitrogens is 1. The number of pyridine rings is 2. The highest BCUT2D eigenvalue weighted by atomic mass is 79.9. The number of nitrogens with zero attached hydrogens (tertiary/aromatic N) is 1. The molecule has 2 N–H and O–H groups in total. The van der Waals surface area contributed by atoms with Gasteiger partial charge in [-0.25, -0.2) is 4.98 Å². The average Bonchev–Trinajstić information content (AvgIpc) is 2.84. The van der Waals surface area contributed by atoms with Crippen LogP contribution in [0.15, 0.2) is 38.3 Å². The number of aryl methyl sites for hydroxylation is 2. The summed E-state index contributed by atoms with van der Waals surface area (Å²) in [6, 6.07) is 3.41. The molecule has 0 saturated heterocycles. The molecule has 0 atom stereocenters. The summed E-state index contributed by atoms with van der Waals surface area (Å²) in [6.07, 6.45) is 8.65. The van der Waals surface area contributed by atoms with Crippen molar-refractivity contribution in [1.82, 2.24) is 9.97 Å². The van der Waals surface area contributed by atoms with E-state index >= 15 is 0 Å². The maximum Gasteiger partial charge on any atom is 0.315 e. The topological polar surface area (TPSA) is 128 Å². The van der Waals surface area contributed by atoms with Crippen LogP contribution < -0.4 is 10.3 Å². The Balaban J connectivity index is 0.000000226. The number of aromatic nitrogens is 2. The van der Waals surface area contributed by atoms with E-state index in [1.165, 1.54) is 0 Å². The number of halogens is 2. The lowest BCUT2D eigenvalue weighted by Gasteiger charge is -2.38. The quantitative estimate of drug-likeness (QED) is 0.356. The summed E-state index contributed by atoms with van der Waals surface area (Å²) in [5.74, 6) is 0.181. The van der Waals surface area contributed by atoms with E-state index < -0.39 is 10.8 Å². The van der Waals surface area contributed by atoms with Crippen LogP contribution in [-0.4, -0.2) is 53.4 Å². The molecule has 0 bridgehead atoms. The first-order valence-corrected chi connectivity index (χ1v) is 14.7. The summed E-state index contributed by atoms with van der Waals surface area (Å²) in [6.45, 7) is 8.55. The summed E-state index contributed by atoms with van der Waals surface area (Å²) >= 11 is 6.66. The van der Waals surface area contributed by atoms with Gasteiger partial charge >= 0.3 is 11.9 Å². The predicted molar refractivity (Wildman–Crippen MR) is 155 cm³/mol. The van der Waals surface area contributed by atoms with Crippen LogP contribution in [0, 0.1) is 24.7 Å². The SMILES string of the molecule is CCOC(=O)C1(CO)CCC1.CCOC(=O)C1(COc2cc(C)c(Br)cn2)CCC1.Cc1cc(=O)[nH]cc1Br. The van der Waals surface area contributed by atoms with E-state index in [2.05, 4.69) is 41.8 Å². The Labute approximate surface area is 246 Å². The Hall–Kier alpha value is -2.24. The van der Waals surface area contributed by atoms with Crippen molar-refractivity contribution in [2.75, 3.05) is 26.4 Å². The average molecular weight is 674 g/mol. The second-order valence-corrected chi connectivity index (χ2v) is 11.5. The summed E-state index contributed by atoms with van der Waals surface area (Å²) in [5, 5.41) is 8.93. The number of carbonyl (C=O) groups excluding carboxylic acids is 2. The van der Waals surface area contributed by atoms with Gasteiger partial charge in [0.2, 0.25) is 11.4 Å². The Morgan fingerprint density at radius 1 is 0.949 bits per heavy atom. The number of hydrogen-bond acceptors (Lipinski definition) is 8. The lowest BCUT2D eigenvalue weighted by molar-refractivity contribution is -0.165. The van der Waals surface area contributed by atoms with Gasteiger partial charge in [0.15, 0.2) is 0 Å². The van der Waals surface area contributed by atoms with Crippen molar-refractivity contribution in [3.05, 3.63) is 55.0 Å². The van der Waals surface area contributed by atoms with Gasteiger partial charge in [-0.3, -0.25) is 14.4 Å². The van der Waals surface area contributed by atoms with E-state index in [9.17, 15) is 14.4 Å². The monoisotopic (exact) mass is 672 g/mol. The van der Waals surface area contributed by atoms with Crippen LogP contribution in [0.2, 0.25) is 0 Å². The van der Waals surface area contributed by atoms with Crippen molar-refractivity contribution < 1.29 is 28.9 Å². The molecule has 0 spiro atoms. The number of ether oxygens (including phenoxy) is 3. The molecule has 2 aliphatic rings. The third-order valence-corrected chi connectivity index (χ3v) is 8.61. The molecule has 0 aromatic carbocycles. The van der Waals surface area contributed by atoms with Gasteiger partial charge in [-0.2, -0.15) is 0 Å². The maximum atomic E-state index is 12.0. The number of nitrogens with one attached hydrogen (secondary N) is 1. The third-order valence-electron chi connectivity index (χ3n) is 6.92. The second kappa shape index (κ2) is 15.5. The minimum Gasteiger partial charge on any atom is -0.476 e. The molecule has 0 unspecified atom stereocenters. The number of carbonyl (C=O) groups is 2. The number of rotatable bonds is 8. The molecule has 2 aromatic heterocycles. The van der Waals surface area contributed by atoms with Crippen LogP contribution in [0.1, 0.15) is 63.5 Å². The fraction of sp³-hybridized carbons (Fsp3) is 0.571. The minimum absolute atomic E-state index is 0.0595. The highest BCUT2D eigenvalue weighted by molar-refractivity contribution is 9.10. The van der Waals surface area contributed by atoms with E-state index in [1.807, 2.05) is 26.8 Å². The van der Waals surface area contributed by atoms with Gasteiger partial charge in [-0.05, 0) is 96.4 Å². The first kappa shape index (κ1) is 33.0. The van der Waals surface area contributed by atoms with Crippen molar-refractivity contribution in [3.8, 4) is 5.88 Å². The molecule has 2 aliphatic carbocycles. The standard InChI is InChI=1S/C14H18BrNO3.C8H14O3.C6H6BrNO/c1-3-18-13(17)14(5-4-6-14)9-19-12-7-10(2)11(15)8-16-12;1-2-11-7(10)8(6-9)4-3-5-8;1-4-2-6(9)8-3-5(4)7/h7-8H,3-6,9H2,1-2H3;9H,2-6H2,1H3;2-3H,1H3,(H,8,9). The maximum absolute atomic E-state index is 12.0. The molecule has 216 valence electrons. The fourth-order valence-corrected chi connectivity index (χ4v) is 4.42. The smallest absolute Gasteiger partial charge is 0.315 e. The summed E-state index contributed by atoms with van der Waals surface area (Å²) in [7, 11) is 0. The fourth-order valence-electron chi connectivity index (χ4n) is 3.97. The van der Waals surface area contributed by atoms with Crippen LogP contribution >= 0.6 is 31.9 Å². The number of aliphatic hydroxyl groups is 1. The van der Waals surface area contributed by atoms with Crippen molar-refractivity contribution in [3.63, 3.8) is 0 Å². The number of aromatic amines is 1. The zero-order valence-electron chi connectivity index (χ0n) is 23.0. The number of aliphatic hydroxyl groups excluding tert-OH is 1. The first-order chi connectivity index (χ1) is 18.5. The van der Waals surface area contributed by atoms with Gasteiger partial charge in [-0.15, -0.1) is 0 Å². The predicted octanol–water partition coefficient (Wildman–Crippen LogP) is 5.42. The number of hydrogen-bond donors (Lipinski definition) is 2. The van der Waals surface area contributed by atoms with Gasteiger partial charge in [0, 0.05) is 33.5 Å². The molecule has 2 saturated carbocycles. The molecule has 0 amide bonds.